The molecule has 0 aliphatic heterocycles. The van der Waals surface area contributed by atoms with E-state index in [4.69, 9.17) is 15.2 Å². The van der Waals surface area contributed by atoms with Crippen molar-refractivity contribution in [3.63, 3.8) is 0 Å². The van der Waals surface area contributed by atoms with Crippen LogP contribution in [0.1, 0.15) is 32.3 Å². The lowest BCUT2D eigenvalue weighted by Gasteiger charge is -2.24. The maximum Gasteiger partial charge on any atom is 0.330 e. The van der Waals surface area contributed by atoms with Gasteiger partial charge in [-0.05, 0) is 30.5 Å². The number of anilines is 2. The van der Waals surface area contributed by atoms with E-state index >= 15 is 0 Å². The van der Waals surface area contributed by atoms with E-state index in [2.05, 4.69) is 4.98 Å². The van der Waals surface area contributed by atoms with Crippen molar-refractivity contribution < 1.29 is 19.1 Å². The van der Waals surface area contributed by atoms with E-state index in [1.807, 2.05) is 26.8 Å². The van der Waals surface area contributed by atoms with Crippen LogP contribution in [-0.4, -0.2) is 41.7 Å². The number of H-pyrrole nitrogens is 1. The number of hydrogen-bond donors (Lipinski definition) is 2. The van der Waals surface area contributed by atoms with E-state index < -0.39 is 23.1 Å². The van der Waals surface area contributed by atoms with Crippen LogP contribution in [0.25, 0.3) is 0 Å². The molecule has 1 amide bonds. The summed E-state index contributed by atoms with van der Waals surface area (Å²) in [5.41, 5.74) is 5.50. The molecule has 0 bridgehead atoms. The molecular formula is C22H30N4O6. The van der Waals surface area contributed by atoms with Gasteiger partial charge in [-0.3, -0.25) is 23.9 Å². The Balaban J connectivity index is 2.24. The van der Waals surface area contributed by atoms with Crippen LogP contribution in [-0.2, 0) is 20.9 Å². The van der Waals surface area contributed by atoms with Crippen molar-refractivity contribution in [1.82, 2.24) is 9.55 Å². The topological polar surface area (TPSA) is 137 Å². The minimum Gasteiger partial charge on any atom is -0.427 e. The quantitative estimate of drug-likeness (QED) is 0.416. The third-order valence-electron chi connectivity index (χ3n) is 4.62. The van der Waals surface area contributed by atoms with E-state index in [1.165, 1.54) is 11.7 Å². The molecule has 0 fully saturated rings. The summed E-state index contributed by atoms with van der Waals surface area (Å²) in [4.78, 5) is 53.3. The fourth-order valence-electron chi connectivity index (χ4n) is 3.13. The van der Waals surface area contributed by atoms with Crippen LogP contribution in [0, 0.1) is 12.8 Å². The van der Waals surface area contributed by atoms with Crippen molar-refractivity contribution in [2.75, 3.05) is 30.9 Å². The zero-order valence-corrected chi connectivity index (χ0v) is 18.8. The van der Waals surface area contributed by atoms with Crippen LogP contribution in [0.3, 0.4) is 0 Å². The Kier molecular flexibility index (Phi) is 8.77. The molecule has 0 atom stereocenters. The summed E-state index contributed by atoms with van der Waals surface area (Å²) >= 11 is 0. The predicted octanol–water partition coefficient (Wildman–Crippen LogP) is 1.45. The SMILES string of the molecule is COCCN(C(=O)CCC(=O)Oc1cccc(C)c1)c1c(N)n(CC(C)C)c(=O)[nH]c1=O. The minimum absolute atomic E-state index is 0.0232. The summed E-state index contributed by atoms with van der Waals surface area (Å²) in [6, 6.07) is 6.99. The Labute approximate surface area is 185 Å². The summed E-state index contributed by atoms with van der Waals surface area (Å²) in [6.45, 7) is 6.07. The highest BCUT2D eigenvalue weighted by atomic mass is 16.5. The number of nitrogens with zero attached hydrogens (tertiary/aromatic N) is 2. The van der Waals surface area contributed by atoms with Crippen LogP contribution in [0.2, 0.25) is 0 Å². The first kappa shape index (κ1) is 24.9. The fraction of sp³-hybridized carbons (Fsp3) is 0.455. The molecule has 1 aromatic carbocycles. The smallest absolute Gasteiger partial charge is 0.330 e. The molecule has 1 heterocycles. The average Bonchev–Trinajstić information content (AvgIpc) is 2.71. The molecule has 2 rings (SSSR count). The van der Waals surface area contributed by atoms with Crippen molar-refractivity contribution in [1.29, 1.82) is 0 Å². The Bertz CT molecular complexity index is 1070. The molecule has 10 nitrogen and oxygen atoms in total. The van der Waals surface area contributed by atoms with E-state index in [9.17, 15) is 19.2 Å². The summed E-state index contributed by atoms with van der Waals surface area (Å²) in [7, 11) is 1.45. The second-order valence-electron chi connectivity index (χ2n) is 7.83. The van der Waals surface area contributed by atoms with Gasteiger partial charge in [0, 0.05) is 26.6 Å². The van der Waals surface area contributed by atoms with E-state index in [1.54, 1.807) is 18.2 Å². The van der Waals surface area contributed by atoms with Gasteiger partial charge in [0.1, 0.15) is 11.6 Å². The molecular weight excluding hydrogens is 416 g/mol. The minimum atomic E-state index is -0.778. The van der Waals surface area contributed by atoms with Crippen molar-refractivity contribution >= 4 is 23.4 Å². The molecule has 10 heteroatoms. The predicted molar refractivity (Wildman–Crippen MR) is 121 cm³/mol. The second-order valence-corrected chi connectivity index (χ2v) is 7.83. The molecule has 32 heavy (non-hydrogen) atoms. The van der Waals surface area contributed by atoms with Crippen LogP contribution >= 0.6 is 0 Å². The number of amides is 1. The molecule has 3 N–H and O–H groups in total. The highest BCUT2D eigenvalue weighted by Crippen LogP contribution is 2.19. The number of methoxy groups -OCH3 is 1. The number of ether oxygens (including phenoxy) is 2. The molecule has 0 saturated heterocycles. The Hall–Kier alpha value is -3.40. The van der Waals surface area contributed by atoms with Gasteiger partial charge in [-0.25, -0.2) is 4.79 Å². The van der Waals surface area contributed by atoms with Crippen LogP contribution in [0.15, 0.2) is 33.9 Å². The highest BCUT2D eigenvalue weighted by molar-refractivity contribution is 5.97. The fourth-order valence-corrected chi connectivity index (χ4v) is 3.13. The van der Waals surface area contributed by atoms with Gasteiger partial charge in [0.2, 0.25) is 5.91 Å². The Morgan fingerprint density at radius 2 is 1.94 bits per heavy atom. The number of nitrogens with two attached hydrogens (primary N) is 1. The maximum absolute atomic E-state index is 13.0. The van der Waals surface area contributed by atoms with Crippen molar-refractivity contribution in [3.05, 3.63) is 50.7 Å². The normalized spacial score (nSPS) is 10.9. The number of hydrogen-bond acceptors (Lipinski definition) is 7. The number of carbonyl (C=O) groups is 2. The molecule has 0 aliphatic rings. The molecule has 1 aromatic heterocycles. The Morgan fingerprint density at radius 1 is 1.22 bits per heavy atom. The van der Waals surface area contributed by atoms with Gasteiger partial charge in [0.05, 0.1) is 13.0 Å². The first-order chi connectivity index (χ1) is 15.1. The van der Waals surface area contributed by atoms with Gasteiger partial charge in [0.15, 0.2) is 5.69 Å². The van der Waals surface area contributed by atoms with Crippen molar-refractivity contribution in [2.45, 2.75) is 40.2 Å². The summed E-state index contributed by atoms with van der Waals surface area (Å²) < 4.78 is 11.5. The number of benzene rings is 1. The van der Waals surface area contributed by atoms with Gasteiger partial charge in [-0.1, -0.05) is 26.0 Å². The third kappa shape index (κ3) is 6.55. The lowest BCUT2D eigenvalue weighted by Crippen LogP contribution is -2.43. The summed E-state index contributed by atoms with van der Waals surface area (Å²) in [5, 5.41) is 0. The molecule has 0 spiro atoms. The van der Waals surface area contributed by atoms with E-state index in [0.29, 0.717) is 5.75 Å². The van der Waals surface area contributed by atoms with Crippen LogP contribution < -0.4 is 26.6 Å². The summed E-state index contributed by atoms with van der Waals surface area (Å²) in [5.74, 6) is -0.745. The largest absolute Gasteiger partial charge is 0.427 e. The number of aromatic nitrogens is 2. The molecule has 0 radical (unpaired) electrons. The number of esters is 1. The monoisotopic (exact) mass is 446 g/mol. The lowest BCUT2D eigenvalue weighted by atomic mass is 10.2. The molecule has 0 unspecified atom stereocenters. The third-order valence-corrected chi connectivity index (χ3v) is 4.62. The average molecular weight is 447 g/mol. The zero-order chi connectivity index (χ0) is 23.8. The number of nitrogens with one attached hydrogen (secondary N) is 1. The van der Waals surface area contributed by atoms with Gasteiger partial charge >= 0.3 is 11.7 Å². The number of carbonyl (C=O) groups excluding carboxylic acids is 2. The number of aryl methyl sites for hydroxylation is 1. The molecule has 0 saturated carbocycles. The van der Waals surface area contributed by atoms with Gasteiger partial charge in [-0.15, -0.1) is 0 Å². The van der Waals surface area contributed by atoms with Gasteiger partial charge in [-0.2, -0.15) is 0 Å². The molecule has 174 valence electrons. The standard InChI is InChI=1S/C22H30N4O6/c1-14(2)13-26-20(23)19(21(29)24-22(26)30)25(10-11-31-4)17(27)8-9-18(28)32-16-7-5-6-15(3)12-16/h5-7,12,14H,8-11,13,23H2,1-4H3,(H,24,29,30). The second kappa shape index (κ2) is 11.3. The lowest BCUT2D eigenvalue weighted by molar-refractivity contribution is -0.136. The highest BCUT2D eigenvalue weighted by Gasteiger charge is 2.25. The van der Waals surface area contributed by atoms with Crippen molar-refractivity contribution in [3.8, 4) is 5.75 Å². The van der Waals surface area contributed by atoms with Crippen LogP contribution in [0.5, 0.6) is 5.75 Å². The first-order valence-corrected chi connectivity index (χ1v) is 10.3. The maximum atomic E-state index is 13.0. The molecule has 2 aromatic rings. The zero-order valence-electron chi connectivity index (χ0n) is 18.8. The van der Waals surface area contributed by atoms with Gasteiger partial charge in [0.25, 0.3) is 5.56 Å². The first-order valence-electron chi connectivity index (χ1n) is 10.3. The van der Waals surface area contributed by atoms with Crippen molar-refractivity contribution in [2.24, 2.45) is 5.92 Å². The number of rotatable bonds is 10. The van der Waals surface area contributed by atoms with Gasteiger partial charge < -0.3 is 20.1 Å². The van der Waals surface area contributed by atoms with Crippen LogP contribution in [0.4, 0.5) is 11.5 Å². The molecule has 0 aliphatic carbocycles. The summed E-state index contributed by atoms with van der Waals surface area (Å²) in [6.07, 6.45) is -0.406. The van der Waals surface area contributed by atoms with E-state index in [-0.39, 0.29) is 50.0 Å². The number of nitrogen functional groups attached to an aromatic ring is 1. The van der Waals surface area contributed by atoms with E-state index in [0.717, 1.165) is 10.5 Å². The number of aromatic amines is 1. The Morgan fingerprint density at radius 3 is 2.56 bits per heavy atom.